The van der Waals surface area contributed by atoms with E-state index in [2.05, 4.69) is 20.2 Å². The molecule has 0 spiro atoms. The molecule has 0 radical (unpaired) electrons. The van der Waals surface area contributed by atoms with Gasteiger partial charge in [0.15, 0.2) is 5.58 Å². The van der Waals surface area contributed by atoms with E-state index in [0.29, 0.717) is 12.1 Å². The maximum atomic E-state index is 13.5. The van der Waals surface area contributed by atoms with Gasteiger partial charge >= 0.3 is 18.3 Å². The lowest BCUT2D eigenvalue weighted by atomic mass is 9.99. The molecule has 3 aromatic rings. The van der Waals surface area contributed by atoms with E-state index in [0.717, 1.165) is 25.9 Å². The van der Waals surface area contributed by atoms with Crippen LogP contribution in [0.3, 0.4) is 0 Å². The summed E-state index contributed by atoms with van der Waals surface area (Å²) in [5, 5.41) is 20.4. The minimum atomic E-state index is -5.08. The molecule has 38 heavy (non-hydrogen) atoms. The third-order valence-corrected chi connectivity index (χ3v) is 5.41. The number of halogens is 8. The van der Waals surface area contributed by atoms with Crippen LogP contribution in [-0.2, 0) is 11.0 Å². The number of benzene rings is 1. The Hall–Kier alpha value is -3.69. The number of aromatic nitrogens is 2. The van der Waals surface area contributed by atoms with Crippen LogP contribution in [0.1, 0.15) is 30.4 Å². The van der Waals surface area contributed by atoms with Gasteiger partial charge < -0.3 is 24.8 Å². The summed E-state index contributed by atoms with van der Waals surface area (Å²) in [6.07, 6.45) is -11.3. The molecule has 4 rings (SSSR count). The molecule has 0 aliphatic carbocycles. The van der Waals surface area contributed by atoms with E-state index in [9.17, 15) is 40.2 Å². The number of nitrogens with one attached hydrogen (secondary N) is 1. The number of hydrogen-bond acceptors (Lipinski definition) is 7. The second kappa shape index (κ2) is 11.0. The third kappa shape index (κ3) is 6.99. The molecule has 8 nitrogen and oxygen atoms in total. The van der Waals surface area contributed by atoms with Crippen LogP contribution in [0.4, 0.5) is 41.1 Å². The molecule has 208 valence electrons. The average molecular weight is 556 g/mol. The summed E-state index contributed by atoms with van der Waals surface area (Å²) >= 11 is 0. The number of oxazole rings is 1. The minimum Gasteiger partial charge on any atom is -0.507 e. The van der Waals surface area contributed by atoms with Gasteiger partial charge in [0.1, 0.15) is 5.75 Å². The van der Waals surface area contributed by atoms with Crippen LogP contribution in [0.2, 0.25) is 0 Å². The van der Waals surface area contributed by atoms with Gasteiger partial charge in [0.25, 0.3) is 12.4 Å². The van der Waals surface area contributed by atoms with E-state index < -0.39 is 47.2 Å². The lowest BCUT2D eigenvalue weighted by Crippen LogP contribution is -2.39. The number of alkyl halides is 8. The van der Waals surface area contributed by atoms with Crippen LogP contribution >= 0.6 is 0 Å². The fraction of sp³-hybridized carbons (Fsp3) is 0.409. The van der Waals surface area contributed by atoms with Crippen LogP contribution < -0.4 is 5.32 Å². The van der Waals surface area contributed by atoms with Crippen molar-refractivity contribution in [3.05, 3.63) is 35.4 Å². The summed E-state index contributed by atoms with van der Waals surface area (Å²) < 4.78 is 103. The molecule has 0 unspecified atom stereocenters. The van der Waals surface area contributed by atoms with E-state index in [1.54, 1.807) is 0 Å². The van der Waals surface area contributed by atoms with Crippen LogP contribution in [0.25, 0.3) is 22.5 Å². The van der Waals surface area contributed by atoms with Crippen molar-refractivity contribution in [3.63, 3.8) is 0 Å². The molecule has 2 aromatic heterocycles. The first kappa shape index (κ1) is 28.9. The van der Waals surface area contributed by atoms with Crippen molar-refractivity contribution < 1.29 is 54.5 Å². The second-order valence-electron chi connectivity index (χ2n) is 8.34. The van der Waals surface area contributed by atoms with Crippen LogP contribution in [0, 0.1) is 0 Å². The molecule has 1 aromatic carbocycles. The standard InChI is InChI=1S/C20H19F5N4O2.C2HF3O2/c1-29-6-2-3-11(9-29)26-19-28-18-15(31-19)5-4-13(27-18)16-12(17(21)22)7-10(8-14(16)30)20(23,24)25;3-2(4,5)1(6)7/h4-5,7-8,11,17,30H,2-3,6,9H2,1H3,(H,26,27,28);(H,6,7)/t11-;/m1./s1. The van der Waals surface area contributed by atoms with Crippen LogP contribution in [0.15, 0.2) is 28.7 Å². The predicted octanol–water partition coefficient (Wildman–Crippen LogP) is 5.69. The molecule has 1 aliphatic rings. The van der Waals surface area contributed by atoms with Crippen molar-refractivity contribution in [2.75, 3.05) is 25.5 Å². The zero-order valence-corrected chi connectivity index (χ0v) is 19.4. The molecule has 1 atom stereocenters. The Labute approximate surface area is 208 Å². The van der Waals surface area contributed by atoms with Gasteiger partial charge in [-0.1, -0.05) is 0 Å². The number of aromatic hydroxyl groups is 1. The van der Waals surface area contributed by atoms with Crippen molar-refractivity contribution in [2.45, 2.75) is 37.7 Å². The number of phenolic OH excluding ortho intramolecular Hbond substituents is 1. The summed E-state index contributed by atoms with van der Waals surface area (Å²) in [5.41, 5.74) is -2.58. The van der Waals surface area contributed by atoms with E-state index >= 15 is 0 Å². The number of carboxylic acids is 1. The lowest BCUT2D eigenvalue weighted by Gasteiger charge is -2.29. The van der Waals surface area contributed by atoms with Crippen LogP contribution in [0.5, 0.6) is 5.75 Å². The first-order chi connectivity index (χ1) is 17.6. The second-order valence-corrected chi connectivity index (χ2v) is 8.34. The number of carbonyl (C=O) groups is 1. The summed E-state index contributed by atoms with van der Waals surface area (Å²) in [6.45, 7) is 1.80. The predicted molar refractivity (Wildman–Crippen MR) is 117 cm³/mol. The van der Waals surface area contributed by atoms with Gasteiger partial charge in [-0.15, -0.1) is 0 Å². The molecule has 3 heterocycles. The monoisotopic (exact) mass is 556 g/mol. The first-order valence-corrected chi connectivity index (χ1v) is 10.8. The van der Waals surface area contributed by atoms with Gasteiger partial charge in [-0.05, 0) is 50.7 Å². The number of piperidine rings is 1. The van der Waals surface area contributed by atoms with Gasteiger partial charge in [0, 0.05) is 18.2 Å². The Bertz CT molecular complexity index is 1290. The number of rotatable bonds is 4. The molecular formula is C22H20F8N4O4. The Morgan fingerprint density at radius 3 is 2.37 bits per heavy atom. The molecular weight excluding hydrogens is 536 g/mol. The van der Waals surface area contributed by atoms with E-state index in [-0.39, 0.29) is 29.0 Å². The number of phenols is 1. The Balaban J connectivity index is 0.000000505. The lowest BCUT2D eigenvalue weighted by molar-refractivity contribution is -0.192. The SMILES string of the molecule is CN1CCC[C@@H](Nc2nc3nc(-c4c(O)cc(C(F)(F)F)cc4C(F)F)ccc3o2)C1.O=C(O)C(F)(F)F. The summed E-state index contributed by atoms with van der Waals surface area (Å²) in [4.78, 5) is 19.4. The molecule has 0 saturated carbocycles. The number of likely N-dealkylation sites (N-methyl/N-ethyl adjacent to an activating group) is 1. The Morgan fingerprint density at radius 1 is 1.16 bits per heavy atom. The normalized spacial score (nSPS) is 16.8. The van der Waals surface area contributed by atoms with Crippen molar-refractivity contribution in [2.24, 2.45) is 0 Å². The van der Waals surface area contributed by atoms with Crippen LogP contribution in [-0.4, -0.2) is 63.4 Å². The van der Waals surface area contributed by atoms with E-state index in [4.69, 9.17) is 14.3 Å². The van der Waals surface area contributed by atoms with Gasteiger partial charge in [0.05, 0.1) is 16.8 Å². The Kier molecular flexibility index (Phi) is 8.33. The minimum absolute atomic E-state index is 0.0867. The van der Waals surface area contributed by atoms with Gasteiger partial charge in [0.2, 0.25) is 5.65 Å². The van der Waals surface area contributed by atoms with Crippen molar-refractivity contribution in [1.29, 1.82) is 0 Å². The molecule has 0 amide bonds. The number of hydrogen-bond donors (Lipinski definition) is 3. The van der Waals surface area contributed by atoms with E-state index in [1.807, 2.05) is 7.05 Å². The number of fused-ring (bicyclic) bond motifs is 1. The maximum absolute atomic E-state index is 13.5. The van der Waals surface area contributed by atoms with Gasteiger partial charge in [-0.2, -0.15) is 31.3 Å². The zero-order chi connectivity index (χ0) is 28.4. The third-order valence-electron chi connectivity index (χ3n) is 5.41. The highest BCUT2D eigenvalue weighted by Crippen LogP contribution is 2.42. The molecule has 0 bridgehead atoms. The number of aliphatic carboxylic acids is 1. The fourth-order valence-electron chi connectivity index (χ4n) is 3.74. The van der Waals surface area contributed by atoms with Crippen molar-refractivity contribution in [1.82, 2.24) is 14.9 Å². The molecule has 1 fully saturated rings. The highest BCUT2D eigenvalue weighted by molar-refractivity contribution is 5.79. The van der Waals surface area contributed by atoms with E-state index in [1.165, 1.54) is 12.1 Å². The number of carboxylic acid groups (broad SMARTS) is 1. The van der Waals surface area contributed by atoms with Gasteiger partial charge in [-0.3, -0.25) is 0 Å². The van der Waals surface area contributed by atoms with Crippen molar-refractivity contribution in [3.8, 4) is 17.0 Å². The smallest absolute Gasteiger partial charge is 0.490 e. The summed E-state index contributed by atoms with van der Waals surface area (Å²) in [5.74, 6) is -3.70. The highest BCUT2D eigenvalue weighted by atomic mass is 19.4. The Morgan fingerprint density at radius 2 is 1.82 bits per heavy atom. The molecule has 3 N–H and O–H groups in total. The largest absolute Gasteiger partial charge is 0.507 e. The highest BCUT2D eigenvalue weighted by Gasteiger charge is 2.38. The fourth-order valence-corrected chi connectivity index (χ4v) is 3.74. The number of pyridine rings is 1. The molecule has 1 saturated heterocycles. The topological polar surface area (TPSA) is 112 Å². The summed E-state index contributed by atoms with van der Waals surface area (Å²) in [6, 6.07) is 3.78. The molecule has 1 aliphatic heterocycles. The number of anilines is 1. The van der Waals surface area contributed by atoms with Crippen molar-refractivity contribution >= 4 is 23.2 Å². The maximum Gasteiger partial charge on any atom is 0.490 e. The quantitative estimate of drug-likeness (QED) is 0.352. The average Bonchev–Trinajstić information content (AvgIpc) is 3.19. The molecule has 16 heteroatoms. The first-order valence-electron chi connectivity index (χ1n) is 10.8. The van der Waals surface area contributed by atoms with Gasteiger partial charge in [-0.25, -0.2) is 18.6 Å². The number of likely N-dealkylation sites (tertiary alicyclic amines) is 1. The summed E-state index contributed by atoms with van der Waals surface area (Å²) in [7, 11) is 2.00. The number of nitrogens with zero attached hydrogens (tertiary/aromatic N) is 3. The zero-order valence-electron chi connectivity index (χ0n) is 19.4.